The molecule has 0 amide bonds. The number of aromatic nitrogens is 3. The summed E-state index contributed by atoms with van der Waals surface area (Å²) >= 11 is 0. The second-order valence-corrected chi connectivity index (χ2v) is 10.9. The topological polar surface area (TPSA) is 69.9 Å². The lowest BCUT2D eigenvalue weighted by Gasteiger charge is -2.34. The van der Waals surface area contributed by atoms with Gasteiger partial charge in [-0.3, -0.25) is 4.90 Å². The van der Waals surface area contributed by atoms with Crippen LogP contribution in [0.4, 0.5) is 18.9 Å². The van der Waals surface area contributed by atoms with E-state index in [1.54, 1.807) is 19.6 Å². The Hall–Kier alpha value is -3.15. The summed E-state index contributed by atoms with van der Waals surface area (Å²) in [6, 6.07) is 7.67. The maximum atomic E-state index is 14.2. The van der Waals surface area contributed by atoms with E-state index < -0.39 is 18.1 Å². The summed E-state index contributed by atoms with van der Waals surface area (Å²) in [5.74, 6) is 1.31. The molecular formula is C28H33F3N6O2. The number of hydrogen-bond donors (Lipinski definition) is 1. The smallest absolute Gasteiger partial charge is 0.380 e. The van der Waals surface area contributed by atoms with E-state index in [-0.39, 0.29) is 17.7 Å². The molecule has 2 aromatic rings. The van der Waals surface area contributed by atoms with Crippen LogP contribution in [0.2, 0.25) is 0 Å². The van der Waals surface area contributed by atoms with Crippen LogP contribution in [0.1, 0.15) is 43.0 Å². The van der Waals surface area contributed by atoms with Gasteiger partial charge >= 0.3 is 6.18 Å². The van der Waals surface area contributed by atoms with Gasteiger partial charge < -0.3 is 24.2 Å². The third kappa shape index (κ3) is 4.87. The van der Waals surface area contributed by atoms with Gasteiger partial charge in [-0.15, -0.1) is 10.2 Å². The van der Waals surface area contributed by atoms with Crippen LogP contribution >= 0.6 is 0 Å². The molecule has 6 rings (SSSR count). The molecule has 1 aromatic heterocycles. The predicted molar refractivity (Wildman–Crippen MR) is 139 cm³/mol. The lowest BCUT2D eigenvalue weighted by molar-refractivity contribution is -0.0924. The van der Waals surface area contributed by atoms with Crippen LogP contribution in [-0.4, -0.2) is 75.0 Å². The Kier molecular flexibility index (Phi) is 6.76. The van der Waals surface area contributed by atoms with Gasteiger partial charge in [-0.05, 0) is 54.5 Å². The summed E-state index contributed by atoms with van der Waals surface area (Å²) in [5.41, 5.74) is 1.30. The highest BCUT2D eigenvalue weighted by atomic mass is 19.4. The maximum absolute atomic E-state index is 14.2. The molecule has 1 saturated carbocycles. The molecule has 39 heavy (non-hydrogen) atoms. The third-order valence-corrected chi connectivity index (χ3v) is 8.40. The van der Waals surface area contributed by atoms with E-state index in [4.69, 9.17) is 4.74 Å². The minimum atomic E-state index is -4.57. The number of aliphatic hydroxyl groups is 1. The van der Waals surface area contributed by atoms with Gasteiger partial charge in [0.25, 0.3) is 0 Å². The van der Waals surface area contributed by atoms with Crippen LogP contribution in [0.15, 0.2) is 65.9 Å². The maximum Gasteiger partial charge on any atom is 0.418 e. The van der Waals surface area contributed by atoms with E-state index in [2.05, 4.69) is 15.1 Å². The molecule has 1 unspecified atom stereocenters. The Morgan fingerprint density at radius 1 is 1.15 bits per heavy atom. The van der Waals surface area contributed by atoms with Crippen LogP contribution < -0.4 is 4.90 Å². The van der Waals surface area contributed by atoms with E-state index in [0.717, 1.165) is 43.6 Å². The predicted octanol–water partition coefficient (Wildman–Crippen LogP) is 4.09. The highest BCUT2D eigenvalue weighted by Gasteiger charge is 2.45. The number of hydrogen-bond acceptors (Lipinski definition) is 7. The molecule has 2 fully saturated rings. The fraction of sp³-hybridized carbons (Fsp3) is 0.500. The largest absolute Gasteiger partial charge is 0.418 e. The Morgan fingerprint density at radius 3 is 2.62 bits per heavy atom. The van der Waals surface area contributed by atoms with Crippen molar-refractivity contribution >= 4 is 5.69 Å². The first-order valence-electron chi connectivity index (χ1n) is 13.4. The van der Waals surface area contributed by atoms with Crippen molar-refractivity contribution in [3.63, 3.8) is 0 Å². The number of nitrogens with zero attached hydrogens (tertiary/aromatic N) is 6. The van der Waals surface area contributed by atoms with E-state index in [0.29, 0.717) is 30.3 Å². The zero-order valence-electron chi connectivity index (χ0n) is 22.1. The number of aliphatic hydroxyl groups excluding tert-OH is 1. The molecule has 3 aliphatic heterocycles. The lowest BCUT2D eigenvalue weighted by atomic mass is 9.72. The quantitative estimate of drug-likeness (QED) is 0.565. The van der Waals surface area contributed by atoms with Gasteiger partial charge in [0.05, 0.1) is 17.4 Å². The van der Waals surface area contributed by atoms with Crippen LogP contribution in [0.25, 0.3) is 0 Å². The molecule has 3 atom stereocenters. The average molecular weight is 543 g/mol. The first-order valence-corrected chi connectivity index (χ1v) is 13.4. The first kappa shape index (κ1) is 26.1. The monoisotopic (exact) mass is 542 g/mol. The van der Waals surface area contributed by atoms with Crippen molar-refractivity contribution in [2.45, 2.75) is 50.2 Å². The summed E-state index contributed by atoms with van der Waals surface area (Å²) < 4.78 is 50.0. The summed E-state index contributed by atoms with van der Waals surface area (Å²) in [7, 11) is 3.57. The Labute approximate surface area is 225 Å². The summed E-state index contributed by atoms with van der Waals surface area (Å²) in [4.78, 5) is 4.90. The highest BCUT2D eigenvalue weighted by molar-refractivity contribution is 5.59. The normalized spacial score (nSPS) is 24.8. The van der Waals surface area contributed by atoms with Crippen molar-refractivity contribution in [2.75, 3.05) is 31.6 Å². The molecule has 4 heterocycles. The number of rotatable bonds is 7. The number of alkyl halides is 3. The van der Waals surface area contributed by atoms with E-state index in [9.17, 15) is 18.3 Å². The molecule has 11 heteroatoms. The van der Waals surface area contributed by atoms with Gasteiger partial charge in [0.15, 0.2) is 0 Å². The summed E-state index contributed by atoms with van der Waals surface area (Å²) in [6.07, 6.45) is 4.30. The summed E-state index contributed by atoms with van der Waals surface area (Å²) in [5, 5.41) is 19.7. The second kappa shape index (κ2) is 10.1. The number of anilines is 1. The number of allylic oxidation sites excluding steroid dienone is 1. The minimum Gasteiger partial charge on any atom is -0.380 e. The van der Waals surface area contributed by atoms with Gasteiger partial charge in [0.1, 0.15) is 12.2 Å². The van der Waals surface area contributed by atoms with Gasteiger partial charge in [-0.1, -0.05) is 18.6 Å². The molecule has 0 spiro atoms. The zero-order chi connectivity index (χ0) is 27.3. The van der Waals surface area contributed by atoms with Crippen molar-refractivity contribution in [3.05, 3.63) is 77.3 Å². The van der Waals surface area contributed by atoms with E-state index in [1.165, 1.54) is 22.1 Å². The molecule has 208 valence electrons. The standard InChI is InChI=1S/C28H33F3N6O2/c1-34-17-32-33-26(34)25(19-5-3-6-19)20-7-4-8-21(12-20)36-16-24-23(28(29,30)31)11-18(14-37(24)27(36)38)13-35-10-9-22(15-35)39-2/h4,7-8,11-12,14,16-17,19,22,25,27,38H,3,5-6,9-10,13,15H2,1-2H3/t22-,25+,27?/m0/s1. The second-order valence-electron chi connectivity index (χ2n) is 10.9. The average Bonchev–Trinajstić information content (AvgIpc) is 3.60. The van der Waals surface area contributed by atoms with Crippen molar-refractivity contribution < 1.29 is 23.0 Å². The Bertz CT molecular complexity index is 1310. The lowest BCUT2D eigenvalue weighted by Crippen LogP contribution is -2.39. The molecule has 0 radical (unpaired) electrons. The number of ether oxygens (including phenoxy) is 1. The Balaban J connectivity index is 1.31. The number of aryl methyl sites for hydroxylation is 1. The molecule has 4 aliphatic rings. The number of likely N-dealkylation sites (tertiary alicyclic amines) is 1. The van der Waals surface area contributed by atoms with Gasteiger partial charge in [-0.25, -0.2) is 0 Å². The van der Waals surface area contributed by atoms with Crippen LogP contribution in [0, 0.1) is 5.92 Å². The van der Waals surface area contributed by atoms with Crippen molar-refractivity contribution in [2.24, 2.45) is 13.0 Å². The number of methoxy groups -OCH3 is 1. The SMILES string of the molecule is CO[C@H]1CCN(CC2=CN3C(=CN(c4cccc([C@H](c5nncn5C)C5CCC5)c4)C3O)C(C(F)(F)F)=C2)C1. The highest BCUT2D eigenvalue weighted by Crippen LogP contribution is 2.45. The number of fused-ring (bicyclic) bond motifs is 1. The minimum absolute atomic E-state index is 0.0229. The van der Waals surface area contributed by atoms with Crippen molar-refractivity contribution in [1.82, 2.24) is 24.6 Å². The molecule has 1 aliphatic carbocycles. The van der Waals surface area contributed by atoms with Gasteiger partial charge in [0.2, 0.25) is 6.35 Å². The third-order valence-electron chi connectivity index (χ3n) is 8.40. The molecular weight excluding hydrogens is 509 g/mol. The summed E-state index contributed by atoms with van der Waals surface area (Å²) in [6.45, 7) is 1.77. The molecule has 8 nitrogen and oxygen atoms in total. The van der Waals surface area contributed by atoms with Crippen molar-refractivity contribution in [1.29, 1.82) is 0 Å². The Morgan fingerprint density at radius 2 is 1.97 bits per heavy atom. The van der Waals surface area contributed by atoms with E-state index in [1.807, 2.05) is 35.9 Å². The van der Waals surface area contributed by atoms with Crippen molar-refractivity contribution in [3.8, 4) is 0 Å². The zero-order valence-corrected chi connectivity index (χ0v) is 22.1. The van der Waals surface area contributed by atoms with Gasteiger partial charge in [0, 0.05) is 57.8 Å². The molecule has 1 aromatic carbocycles. The van der Waals surface area contributed by atoms with Crippen LogP contribution in [-0.2, 0) is 11.8 Å². The van der Waals surface area contributed by atoms with E-state index >= 15 is 0 Å². The van der Waals surface area contributed by atoms with Crippen LogP contribution in [0.3, 0.4) is 0 Å². The first-order chi connectivity index (χ1) is 18.7. The molecule has 1 N–H and O–H groups in total. The molecule has 0 bridgehead atoms. The number of benzene rings is 1. The number of halogens is 3. The van der Waals surface area contributed by atoms with Crippen LogP contribution in [0.5, 0.6) is 0 Å². The van der Waals surface area contributed by atoms with Gasteiger partial charge in [-0.2, -0.15) is 13.2 Å². The fourth-order valence-electron chi connectivity index (χ4n) is 6.11. The fourth-order valence-corrected chi connectivity index (χ4v) is 6.11. The molecule has 1 saturated heterocycles.